The van der Waals surface area contributed by atoms with Crippen LogP contribution in [0.2, 0.25) is 0 Å². The molecule has 0 amide bonds. The zero-order valence-electron chi connectivity index (χ0n) is 18.3. The molecule has 2 aromatic heterocycles. The van der Waals surface area contributed by atoms with Gasteiger partial charge >= 0.3 is 12.1 Å². The Hall–Kier alpha value is -2.46. The van der Waals surface area contributed by atoms with Gasteiger partial charge in [0.15, 0.2) is 0 Å². The Balaban J connectivity index is 0.000000360. The zero-order valence-corrected chi connectivity index (χ0v) is 18.3. The highest BCUT2D eigenvalue weighted by Gasteiger charge is 2.38. The van der Waals surface area contributed by atoms with Crippen LogP contribution in [0.25, 0.3) is 0 Å². The highest BCUT2D eigenvalue weighted by molar-refractivity contribution is 5.73. The van der Waals surface area contributed by atoms with Gasteiger partial charge in [-0.15, -0.1) is 0 Å². The lowest BCUT2D eigenvalue weighted by Crippen LogP contribution is -2.31. The molecule has 7 nitrogen and oxygen atoms in total. The van der Waals surface area contributed by atoms with Gasteiger partial charge in [0.25, 0.3) is 0 Å². The summed E-state index contributed by atoms with van der Waals surface area (Å²) >= 11 is 0. The maximum absolute atomic E-state index is 10.6. The van der Waals surface area contributed by atoms with Crippen molar-refractivity contribution >= 4 is 5.97 Å². The number of halogens is 3. The van der Waals surface area contributed by atoms with Gasteiger partial charge in [-0.2, -0.15) is 18.3 Å². The molecule has 1 fully saturated rings. The van der Waals surface area contributed by atoms with Crippen molar-refractivity contribution in [3.8, 4) is 0 Å². The fraction of sp³-hybridized carbons (Fsp3) is 0.591. The van der Waals surface area contributed by atoms with E-state index in [0.29, 0.717) is 6.61 Å². The van der Waals surface area contributed by atoms with E-state index >= 15 is 0 Å². The molecular weight excluding hydrogens is 425 g/mol. The summed E-state index contributed by atoms with van der Waals surface area (Å²) in [7, 11) is 0. The number of alkyl halides is 3. The second-order valence-electron chi connectivity index (χ2n) is 8.44. The van der Waals surface area contributed by atoms with Gasteiger partial charge in [-0.3, -0.25) is 14.6 Å². The van der Waals surface area contributed by atoms with E-state index in [1.165, 1.54) is 24.1 Å². The molecule has 0 bridgehead atoms. The molecule has 0 saturated heterocycles. The average Bonchev–Trinajstić information content (AvgIpc) is 3.48. The molecule has 1 N–H and O–H groups in total. The Morgan fingerprint density at radius 2 is 2.03 bits per heavy atom. The standard InChI is InChI=1S/C20H28N4O.C2HF3O2/c1-15(2)25-14-19-18-13-23(12-17-5-3-4-9-21-17)10-8-20(18)24(22-19)11-16-6-7-16;3-2(4,5)1(6)7/h3-5,9,15-16H,6-8,10-14H2,1-2H3;(H,6,7). The highest BCUT2D eigenvalue weighted by Crippen LogP contribution is 2.33. The van der Waals surface area contributed by atoms with Crippen molar-refractivity contribution < 1.29 is 27.8 Å². The van der Waals surface area contributed by atoms with Crippen molar-refractivity contribution in [2.45, 2.75) is 71.6 Å². The SMILES string of the molecule is CC(C)OCc1nn(CC2CC2)c2c1CN(Cc1ccccn1)CC2.O=C(O)C(F)(F)F. The Morgan fingerprint density at radius 1 is 1.31 bits per heavy atom. The van der Waals surface area contributed by atoms with Crippen molar-refractivity contribution in [3.05, 3.63) is 47.0 Å². The summed E-state index contributed by atoms with van der Waals surface area (Å²) in [6.45, 7) is 8.80. The van der Waals surface area contributed by atoms with E-state index < -0.39 is 12.1 Å². The minimum absolute atomic E-state index is 0.234. The van der Waals surface area contributed by atoms with Gasteiger partial charge in [-0.25, -0.2) is 4.79 Å². The molecule has 176 valence electrons. The molecule has 0 atom stereocenters. The number of aromatic nitrogens is 3. The summed E-state index contributed by atoms with van der Waals surface area (Å²) in [6.07, 6.45) is 0.817. The number of fused-ring (bicyclic) bond motifs is 1. The molecule has 3 heterocycles. The van der Waals surface area contributed by atoms with E-state index in [2.05, 4.69) is 40.5 Å². The predicted molar refractivity (Wildman–Crippen MR) is 111 cm³/mol. The molecule has 32 heavy (non-hydrogen) atoms. The number of ether oxygens (including phenoxy) is 1. The fourth-order valence-corrected chi connectivity index (χ4v) is 3.53. The molecule has 4 rings (SSSR count). The van der Waals surface area contributed by atoms with Gasteiger partial charge in [0.2, 0.25) is 0 Å². The molecule has 2 aliphatic rings. The molecule has 0 unspecified atom stereocenters. The van der Waals surface area contributed by atoms with Gasteiger partial charge in [-0.05, 0) is 44.7 Å². The predicted octanol–water partition coefficient (Wildman–Crippen LogP) is 3.80. The first-order valence-electron chi connectivity index (χ1n) is 10.7. The van der Waals surface area contributed by atoms with E-state index in [0.717, 1.165) is 49.9 Å². The van der Waals surface area contributed by atoms with Crippen LogP contribution in [0.4, 0.5) is 13.2 Å². The maximum Gasteiger partial charge on any atom is 0.490 e. The van der Waals surface area contributed by atoms with Gasteiger partial charge in [0.1, 0.15) is 0 Å². The minimum atomic E-state index is -5.08. The van der Waals surface area contributed by atoms with Gasteiger partial charge in [0, 0.05) is 50.1 Å². The largest absolute Gasteiger partial charge is 0.490 e. The van der Waals surface area contributed by atoms with E-state index in [4.69, 9.17) is 19.7 Å². The monoisotopic (exact) mass is 454 g/mol. The smallest absolute Gasteiger partial charge is 0.475 e. The zero-order chi connectivity index (χ0) is 23.3. The number of hydrogen-bond donors (Lipinski definition) is 1. The van der Waals surface area contributed by atoms with E-state index in [1.54, 1.807) is 0 Å². The summed E-state index contributed by atoms with van der Waals surface area (Å²) < 4.78 is 39.9. The lowest BCUT2D eigenvalue weighted by Gasteiger charge is -2.27. The number of nitrogens with zero attached hydrogens (tertiary/aromatic N) is 4. The third-order valence-corrected chi connectivity index (χ3v) is 5.33. The lowest BCUT2D eigenvalue weighted by molar-refractivity contribution is -0.192. The number of carboxylic acid groups (broad SMARTS) is 1. The number of pyridine rings is 1. The first-order valence-corrected chi connectivity index (χ1v) is 10.7. The number of carbonyl (C=O) groups is 1. The van der Waals surface area contributed by atoms with Crippen LogP contribution in [-0.2, 0) is 42.2 Å². The van der Waals surface area contributed by atoms with Crippen molar-refractivity contribution in [3.63, 3.8) is 0 Å². The summed E-state index contributed by atoms with van der Waals surface area (Å²) in [6, 6.07) is 6.14. The molecule has 10 heteroatoms. The number of carboxylic acids is 1. The summed E-state index contributed by atoms with van der Waals surface area (Å²) in [5.74, 6) is -1.91. The average molecular weight is 454 g/mol. The first kappa shape index (κ1) is 24.2. The Morgan fingerprint density at radius 3 is 2.59 bits per heavy atom. The molecule has 1 saturated carbocycles. The van der Waals surface area contributed by atoms with Crippen LogP contribution in [0.1, 0.15) is 49.3 Å². The molecule has 1 aliphatic heterocycles. The van der Waals surface area contributed by atoms with Crippen LogP contribution >= 0.6 is 0 Å². The molecular formula is C22H29F3N4O3. The topological polar surface area (TPSA) is 80.5 Å². The van der Waals surface area contributed by atoms with Crippen LogP contribution in [0.15, 0.2) is 24.4 Å². The maximum atomic E-state index is 10.6. The minimum Gasteiger partial charge on any atom is -0.475 e. The van der Waals surface area contributed by atoms with E-state index in [-0.39, 0.29) is 6.10 Å². The van der Waals surface area contributed by atoms with E-state index in [1.807, 2.05) is 12.3 Å². The van der Waals surface area contributed by atoms with Gasteiger partial charge in [-0.1, -0.05) is 6.07 Å². The molecule has 2 aromatic rings. The third-order valence-electron chi connectivity index (χ3n) is 5.33. The fourth-order valence-electron chi connectivity index (χ4n) is 3.53. The van der Waals surface area contributed by atoms with Crippen molar-refractivity contribution in [1.29, 1.82) is 0 Å². The molecule has 0 radical (unpaired) electrons. The summed E-state index contributed by atoms with van der Waals surface area (Å²) in [5, 5.41) is 12.1. The quantitative estimate of drug-likeness (QED) is 0.686. The Kier molecular flexibility index (Phi) is 7.89. The first-order chi connectivity index (χ1) is 15.1. The number of hydrogen-bond acceptors (Lipinski definition) is 5. The van der Waals surface area contributed by atoms with Crippen molar-refractivity contribution in [1.82, 2.24) is 19.7 Å². The van der Waals surface area contributed by atoms with Crippen molar-refractivity contribution in [2.24, 2.45) is 5.92 Å². The van der Waals surface area contributed by atoms with Crippen LogP contribution in [0.3, 0.4) is 0 Å². The number of aliphatic carboxylic acids is 1. The van der Waals surface area contributed by atoms with Gasteiger partial charge < -0.3 is 9.84 Å². The van der Waals surface area contributed by atoms with Crippen LogP contribution in [0.5, 0.6) is 0 Å². The van der Waals surface area contributed by atoms with Crippen LogP contribution in [0, 0.1) is 5.92 Å². The molecule has 0 aromatic carbocycles. The summed E-state index contributed by atoms with van der Waals surface area (Å²) in [5.41, 5.74) is 5.10. The summed E-state index contributed by atoms with van der Waals surface area (Å²) in [4.78, 5) is 15.9. The second-order valence-corrected chi connectivity index (χ2v) is 8.44. The third kappa shape index (κ3) is 7.03. The normalized spacial score (nSPS) is 16.4. The second kappa shape index (κ2) is 10.4. The van der Waals surface area contributed by atoms with Crippen LogP contribution < -0.4 is 0 Å². The van der Waals surface area contributed by atoms with Gasteiger partial charge in [0.05, 0.1) is 24.1 Å². The highest BCUT2D eigenvalue weighted by atomic mass is 19.4. The van der Waals surface area contributed by atoms with Crippen LogP contribution in [-0.4, -0.2) is 49.6 Å². The van der Waals surface area contributed by atoms with Crippen molar-refractivity contribution in [2.75, 3.05) is 6.54 Å². The Labute approximate surface area is 185 Å². The number of rotatable bonds is 7. The Bertz CT molecular complexity index is 896. The molecule has 1 aliphatic carbocycles. The lowest BCUT2D eigenvalue weighted by atomic mass is 10.0. The molecule has 0 spiro atoms. The van der Waals surface area contributed by atoms with E-state index in [9.17, 15) is 13.2 Å².